The minimum absolute atomic E-state index is 0.483. The summed E-state index contributed by atoms with van der Waals surface area (Å²) >= 11 is 0. The molecular formula is C14H17N7. The molecule has 3 aromatic rings. The van der Waals surface area contributed by atoms with Crippen LogP contribution in [0.1, 0.15) is 30.3 Å². The van der Waals surface area contributed by atoms with Gasteiger partial charge in [0.2, 0.25) is 0 Å². The predicted molar refractivity (Wildman–Crippen MR) is 78.3 cm³/mol. The van der Waals surface area contributed by atoms with E-state index < -0.39 is 0 Å². The molecule has 1 N–H and O–H groups in total. The van der Waals surface area contributed by atoms with Gasteiger partial charge in [-0.15, -0.1) is 14.8 Å². The van der Waals surface area contributed by atoms with E-state index in [1.165, 1.54) is 12.1 Å². The molecular weight excluding hydrogens is 266 g/mol. The number of nitrogens with one attached hydrogen (secondary N) is 1. The van der Waals surface area contributed by atoms with Crippen molar-refractivity contribution < 1.29 is 0 Å². The topological polar surface area (TPSA) is 75.0 Å². The molecule has 0 spiro atoms. The second kappa shape index (κ2) is 4.83. The van der Waals surface area contributed by atoms with Gasteiger partial charge in [-0.25, -0.2) is 4.98 Å². The minimum atomic E-state index is 0.483. The van der Waals surface area contributed by atoms with Crippen molar-refractivity contribution in [2.24, 2.45) is 0 Å². The van der Waals surface area contributed by atoms with E-state index >= 15 is 0 Å². The lowest BCUT2D eigenvalue weighted by Crippen LogP contribution is -2.35. The van der Waals surface area contributed by atoms with Crippen LogP contribution in [-0.4, -0.2) is 43.1 Å². The van der Waals surface area contributed by atoms with Crippen LogP contribution in [0.15, 0.2) is 24.4 Å². The Morgan fingerprint density at radius 1 is 1.24 bits per heavy atom. The SMILES string of the molecule is Cc1nc2ccc(N3CCC[C@H](c4ccn[nH]4)C3)nn2n1. The number of anilines is 1. The van der Waals surface area contributed by atoms with Gasteiger partial charge in [0.25, 0.3) is 0 Å². The van der Waals surface area contributed by atoms with E-state index in [0.29, 0.717) is 5.92 Å². The van der Waals surface area contributed by atoms with Gasteiger partial charge in [-0.3, -0.25) is 5.10 Å². The van der Waals surface area contributed by atoms with Crippen LogP contribution in [0.25, 0.3) is 5.65 Å². The van der Waals surface area contributed by atoms with Crippen LogP contribution in [0.4, 0.5) is 5.82 Å². The summed E-state index contributed by atoms with van der Waals surface area (Å²) < 4.78 is 1.62. The fraction of sp³-hybridized carbons (Fsp3) is 0.429. The highest BCUT2D eigenvalue weighted by Gasteiger charge is 2.23. The second-order valence-electron chi connectivity index (χ2n) is 5.50. The molecule has 3 aromatic heterocycles. The third-order valence-electron chi connectivity index (χ3n) is 4.01. The number of H-pyrrole nitrogens is 1. The molecule has 1 fully saturated rings. The number of aryl methyl sites for hydroxylation is 1. The normalized spacial score (nSPS) is 19.3. The number of aromatic nitrogens is 6. The highest BCUT2D eigenvalue weighted by molar-refractivity contribution is 5.46. The van der Waals surface area contributed by atoms with E-state index in [2.05, 4.69) is 36.3 Å². The molecule has 0 radical (unpaired) electrons. The van der Waals surface area contributed by atoms with Gasteiger partial charge >= 0.3 is 0 Å². The average Bonchev–Trinajstić information content (AvgIpc) is 3.15. The number of nitrogens with zero attached hydrogens (tertiary/aromatic N) is 6. The van der Waals surface area contributed by atoms with E-state index in [4.69, 9.17) is 0 Å². The maximum absolute atomic E-state index is 4.58. The third kappa shape index (κ3) is 2.24. The summed E-state index contributed by atoms with van der Waals surface area (Å²) in [6.07, 6.45) is 4.15. The van der Waals surface area contributed by atoms with Crippen molar-refractivity contribution in [3.8, 4) is 0 Å². The van der Waals surface area contributed by atoms with Gasteiger partial charge in [-0.1, -0.05) is 0 Å². The maximum Gasteiger partial charge on any atom is 0.176 e. The van der Waals surface area contributed by atoms with Crippen molar-refractivity contribution in [1.82, 2.24) is 30.0 Å². The Bertz CT molecular complexity index is 746. The van der Waals surface area contributed by atoms with E-state index in [-0.39, 0.29) is 0 Å². The molecule has 4 rings (SSSR count). The van der Waals surface area contributed by atoms with Crippen molar-refractivity contribution in [2.45, 2.75) is 25.7 Å². The first-order valence-corrected chi connectivity index (χ1v) is 7.24. The zero-order valence-electron chi connectivity index (χ0n) is 11.9. The average molecular weight is 283 g/mol. The number of piperidine rings is 1. The van der Waals surface area contributed by atoms with E-state index in [1.54, 1.807) is 4.63 Å². The van der Waals surface area contributed by atoms with E-state index in [9.17, 15) is 0 Å². The Kier molecular flexibility index (Phi) is 2.83. The van der Waals surface area contributed by atoms with E-state index in [1.807, 2.05) is 25.3 Å². The van der Waals surface area contributed by atoms with Crippen molar-refractivity contribution in [3.63, 3.8) is 0 Å². The number of aromatic amines is 1. The number of hydrogen-bond acceptors (Lipinski definition) is 5. The van der Waals surface area contributed by atoms with Crippen molar-refractivity contribution in [2.75, 3.05) is 18.0 Å². The zero-order valence-corrected chi connectivity index (χ0v) is 11.9. The van der Waals surface area contributed by atoms with Crippen LogP contribution < -0.4 is 4.90 Å². The lowest BCUT2D eigenvalue weighted by atomic mass is 9.95. The summed E-state index contributed by atoms with van der Waals surface area (Å²) in [5, 5.41) is 16.0. The van der Waals surface area contributed by atoms with Gasteiger partial charge in [0.05, 0.1) is 0 Å². The van der Waals surface area contributed by atoms with Crippen molar-refractivity contribution >= 4 is 11.5 Å². The van der Waals surface area contributed by atoms with Crippen LogP contribution >= 0.6 is 0 Å². The summed E-state index contributed by atoms with van der Waals surface area (Å²) in [5.41, 5.74) is 2.00. The van der Waals surface area contributed by atoms with Crippen LogP contribution in [0.2, 0.25) is 0 Å². The van der Waals surface area contributed by atoms with Gasteiger partial charge in [0, 0.05) is 30.9 Å². The lowest BCUT2D eigenvalue weighted by molar-refractivity contribution is 0.495. The van der Waals surface area contributed by atoms with E-state index in [0.717, 1.165) is 36.8 Å². The molecule has 1 saturated heterocycles. The molecule has 7 heteroatoms. The highest BCUT2D eigenvalue weighted by Crippen LogP contribution is 2.27. The van der Waals surface area contributed by atoms with Crippen molar-refractivity contribution in [3.05, 3.63) is 35.9 Å². The second-order valence-corrected chi connectivity index (χ2v) is 5.50. The zero-order chi connectivity index (χ0) is 14.2. The molecule has 0 saturated carbocycles. The molecule has 21 heavy (non-hydrogen) atoms. The van der Waals surface area contributed by atoms with Crippen LogP contribution in [0, 0.1) is 6.92 Å². The fourth-order valence-electron chi connectivity index (χ4n) is 2.98. The number of hydrogen-bond donors (Lipinski definition) is 1. The van der Waals surface area contributed by atoms with Crippen LogP contribution in [-0.2, 0) is 0 Å². The first-order chi connectivity index (χ1) is 10.3. The van der Waals surface area contributed by atoms with Gasteiger partial charge in [0.1, 0.15) is 5.82 Å². The molecule has 0 aliphatic carbocycles. The molecule has 1 aliphatic rings. The highest BCUT2D eigenvalue weighted by atomic mass is 15.5. The largest absolute Gasteiger partial charge is 0.354 e. The summed E-state index contributed by atoms with van der Waals surface area (Å²) in [6, 6.07) is 6.06. The summed E-state index contributed by atoms with van der Waals surface area (Å²) in [5.74, 6) is 2.18. The summed E-state index contributed by atoms with van der Waals surface area (Å²) in [7, 11) is 0. The standard InChI is InChI=1S/C14H17N7/c1-10-16-13-4-5-14(19-21(13)18-10)20-8-2-3-11(9-20)12-6-7-15-17-12/h4-7,11H,2-3,8-9H2,1H3,(H,15,17)/t11-/m0/s1. The molecule has 0 bridgehead atoms. The molecule has 0 amide bonds. The molecule has 0 unspecified atom stereocenters. The smallest absolute Gasteiger partial charge is 0.176 e. The Hall–Kier alpha value is -2.44. The number of rotatable bonds is 2. The lowest BCUT2D eigenvalue weighted by Gasteiger charge is -2.32. The Morgan fingerprint density at radius 3 is 3.05 bits per heavy atom. The molecule has 7 nitrogen and oxygen atoms in total. The van der Waals surface area contributed by atoms with Crippen LogP contribution in [0.3, 0.4) is 0 Å². The van der Waals surface area contributed by atoms with Gasteiger partial charge in [0.15, 0.2) is 11.5 Å². The fourth-order valence-corrected chi connectivity index (χ4v) is 2.98. The molecule has 1 atom stereocenters. The van der Waals surface area contributed by atoms with Crippen molar-refractivity contribution in [1.29, 1.82) is 0 Å². The Morgan fingerprint density at radius 2 is 2.19 bits per heavy atom. The Labute approximate surface area is 122 Å². The van der Waals surface area contributed by atoms with Gasteiger partial charge in [-0.05, 0) is 38.0 Å². The van der Waals surface area contributed by atoms with Crippen LogP contribution in [0.5, 0.6) is 0 Å². The van der Waals surface area contributed by atoms with Gasteiger partial charge < -0.3 is 4.90 Å². The number of fused-ring (bicyclic) bond motifs is 1. The monoisotopic (exact) mass is 283 g/mol. The molecule has 108 valence electrons. The third-order valence-corrected chi connectivity index (χ3v) is 4.01. The quantitative estimate of drug-likeness (QED) is 0.772. The minimum Gasteiger partial charge on any atom is -0.354 e. The summed E-state index contributed by atoms with van der Waals surface area (Å²) in [4.78, 5) is 6.62. The first-order valence-electron chi connectivity index (χ1n) is 7.24. The Balaban J connectivity index is 1.61. The van der Waals surface area contributed by atoms with Gasteiger partial charge in [-0.2, -0.15) is 5.10 Å². The molecule has 4 heterocycles. The maximum atomic E-state index is 4.58. The molecule has 0 aromatic carbocycles. The summed E-state index contributed by atoms with van der Waals surface area (Å²) in [6.45, 7) is 3.86. The molecule has 1 aliphatic heterocycles. The predicted octanol–water partition coefficient (Wildman–Crippen LogP) is 1.54. The first kappa shape index (κ1) is 12.3.